The van der Waals surface area contributed by atoms with E-state index in [0.29, 0.717) is 23.8 Å². The Kier molecular flexibility index (Phi) is 5.50. The van der Waals surface area contributed by atoms with E-state index >= 15 is 0 Å². The smallest absolute Gasteiger partial charge is 0.232 e. The number of thioether (sulfide) groups is 1. The van der Waals surface area contributed by atoms with Gasteiger partial charge in [0, 0.05) is 36.1 Å². The second-order valence-corrected chi connectivity index (χ2v) is 11.0. The molecule has 5 rings (SSSR count). The molecule has 0 unspecified atom stereocenters. The summed E-state index contributed by atoms with van der Waals surface area (Å²) in [7, 11) is -3.32. The number of Topliss-reactive ketones (excluding diaryl/α,β-unsaturated/α-hetero) is 1. The molecule has 32 heavy (non-hydrogen) atoms. The van der Waals surface area contributed by atoms with Crippen LogP contribution >= 0.6 is 11.8 Å². The van der Waals surface area contributed by atoms with Crippen LogP contribution in [-0.2, 0) is 16.4 Å². The predicted molar refractivity (Wildman–Crippen MR) is 124 cm³/mol. The minimum atomic E-state index is -3.32. The van der Waals surface area contributed by atoms with Crippen molar-refractivity contribution in [1.29, 1.82) is 0 Å². The number of sulfonamides is 1. The molecule has 1 aliphatic carbocycles. The Hall–Kier alpha value is -2.72. The highest BCUT2D eigenvalue weighted by molar-refractivity contribution is 7.99. The average Bonchev–Trinajstić information content (AvgIpc) is 3.55. The quantitative estimate of drug-likeness (QED) is 0.386. The van der Waals surface area contributed by atoms with Crippen molar-refractivity contribution >= 4 is 33.3 Å². The first-order valence-electron chi connectivity index (χ1n) is 10.5. The number of carbonyl (C=O) groups excluding carboxylic acids is 1. The van der Waals surface area contributed by atoms with Crippen molar-refractivity contribution in [2.45, 2.75) is 36.9 Å². The summed E-state index contributed by atoms with van der Waals surface area (Å²) in [5.41, 5.74) is 3.09. The number of pyridine rings is 1. The molecular formula is C22H23N5O3S2. The second-order valence-electron chi connectivity index (χ2n) is 8.14. The Bertz CT molecular complexity index is 1270. The summed E-state index contributed by atoms with van der Waals surface area (Å²) in [5.74, 6) is 1.01. The van der Waals surface area contributed by atoms with Gasteiger partial charge in [0.2, 0.25) is 10.0 Å². The van der Waals surface area contributed by atoms with Crippen molar-refractivity contribution < 1.29 is 13.2 Å². The first-order chi connectivity index (χ1) is 15.4. The molecule has 2 aromatic heterocycles. The van der Waals surface area contributed by atoms with Crippen molar-refractivity contribution in [3.8, 4) is 11.4 Å². The number of aromatic nitrogens is 4. The van der Waals surface area contributed by atoms with E-state index in [9.17, 15) is 13.2 Å². The van der Waals surface area contributed by atoms with Gasteiger partial charge in [-0.15, -0.1) is 10.2 Å². The maximum Gasteiger partial charge on any atom is 0.232 e. The fourth-order valence-corrected chi connectivity index (χ4v) is 5.92. The maximum absolute atomic E-state index is 12.9. The molecule has 1 fully saturated rings. The molecule has 0 radical (unpaired) electrons. The summed E-state index contributed by atoms with van der Waals surface area (Å²) >= 11 is 1.39. The second kappa shape index (κ2) is 8.32. The van der Waals surface area contributed by atoms with Crippen molar-refractivity contribution in [3.05, 3.63) is 53.9 Å². The number of carbonyl (C=O) groups is 1. The van der Waals surface area contributed by atoms with Crippen molar-refractivity contribution in [3.63, 3.8) is 0 Å². The van der Waals surface area contributed by atoms with Gasteiger partial charge in [-0.05, 0) is 61.6 Å². The number of hydrogen-bond donors (Lipinski definition) is 0. The highest BCUT2D eigenvalue weighted by atomic mass is 32.2. The zero-order chi connectivity index (χ0) is 22.3. The van der Waals surface area contributed by atoms with Crippen LogP contribution in [0.5, 0.6) is 0 Å². The lowest BCUT2D eigenvalue weighted by Crippen LogP contribution is -2.34. The summed E-state index contributed by atoms with van der Waals surface area (Å²) in [6.07, 6.45) is 8.38. The average molecular weight is 470 g/mol. The largest absolute Gasteiger partial charge is 0.299 e. The van der Waals surface area contributed by atoms with Crippen molar-refractivity contribution in [1.82, 2.24) is 19.7 Å². The zero-order valence-corrected chi connectivity index (χ0v) is 19.3. The number of rotatable bonds is 7. The third kappa shape index (κ3) is 4.16. The van der Waals surface area contributed by atoms with Crippen LogP contribution in [0.2, 0.25) is 0 Å². The molecule has 0 N–H and O–H groups in total. The van der Waals surface area contributed by atoms with Gasteiger partial charge in [0.15, 0.2) is 16.8 Å². The van der Waals surface area contributed by atoms with Crippen molar-refractivity contribution in [2.24, 2.45) is 0 Å². The fraction of sp³-hybridized carbons (Fsp3) is 0.364. The molecule has 2 aliphatic rings. The molecular weight excluding hydrogens is 446 g/mol. The number of fused-ring (bicyclic) bond motifs is 1. The molecule has 8 nitrogen and oxygen atoms in total. The maximum atomic E-state index is 12.9. The van der Waals surface area contributed by atoms with E-state index < -0.39 is 10.0 Å². The number of hydrogen-bond acceptors (Lipinski definition) is 7. The van der Waals surface area contributed by atoms with E-state index in [-0.39, 0.29) is 11.5 Å². The molecule has 0 bridgehead atoms. The first kappa shape index (κ1) is 21.1. The summed E-state index contributed by atoms with van der Waals surface area (Å²) in [4.78, 5) is 17.1. The van der Waals surface area contributed by atoms with Gasteiger partial charge in [-0.25, -0.2) is 8.42 Å². The summed E-state index contributed by atoms with van der Waals surface area (Å²) in [6, 6.07) is 9.51. The van der Waals surface area contributed by atoms with E-state index in [2.05, 4.69) is 19.7 Å². The number of nitrogens with zero attached hydrogens (tertiary/aromatic N) is 5. The number of ketones is 1. The summed E-state index contributed by atoms with van der Waals surface area (Å²) in [6.45, 7) is 0.477. The van der Waals surface area contributed by atoms with E-state index in [4.69, 9.17) is 0 Å². The lowest BCUT2D eigenvalue weighted by atomic mass is 9.99. The minimum Gasteiger partial charge on any atom is -0.299 e. The van der Waals surface area contributed by atoms with Gasteiger partial charge >= 0.3 is 0 Å². The lowest BCUT2D eigenvalue weighted by Gasteiger charge is -2.29. The van der Waals surface area contributed by atoms with Gasteiger partial charge in [0.1, 0.15) is 0 Å². The lowest BCUT2D eigenvalue weighted by molar-refractivity contribution is 0.102. The van der Waals surface area contributed by atoms with Crippen molar-refractivity contribution in [2.75, 3.05) is 22.9 Å². The molecule has 0 spiro atoms. The zero-order valence-electron chi connectivity index (χ0n) is 17.6. The molecule has 166 valence electrons. The van der Waals surface area contributed by atoms with Crippen LogP contribution in [0.3, 0.4) is 0 Å². The third-order valence-corrected chi connectivity index (χ3v) is 7.83. The molecule has 3 heterocycles. The van der Waals surface area contributed by atoms with E-state index in [0.717, 1.165) is 47.8 Å². The van der Waals surface area contributed by atoms with Crippen LogP contribution in [0.25, 0.3) is 11.4 Å². The van der Waals surface area contributed by atoms with Crippen LogP contribution in [0, 0.1) is 0 Å². The van der Waals surface area contributed by atoms with Crippen LogP contribution < -0.4 is 4.31 Å². The highest BCUT2D eigenvalue weighted by Gasteiger charge is 2.30. The number of benzene rings is 1. The molecule has 1 aliphatic heterocycles. The Morgan fingerprint density at radius 1 is 1.22 bits per heavy atom. The molecule has 0 saturated heterocycles. The topological polar surface area (TPSA) is 98.1 Å². The molecule has 0 amide bonds. The Balaban J connectivity index is 1.34. The van der Waals surface area contributed by atoms with Crippen LogP contribution in [0.1, 0.15) is 41.2 Å². The van der Waals surface area contributed by atoms with E-state index in [1.165, 1.54) is 22.3 Å². The normalized spacial score (nSPS) is 16.1. The van der Waals surface area contributed by atoms with Gasteiger partial charge in [-0.1, -0.05) is 11.8 Å². The molecule has 10 heteroatoms. The minimum absolute atomic E-state index is 0.0115. The van der Waals surface area contributed by atoms with Gasteiger partial charge in [-0.2, -0.15) is 0 Å². The Morgan fingerprint density at radius 3 is 2.78 bits per heavy atom. The number of aryl methyl sites for hydroxylation is 1. The standard InChI is InChI=1S/C22H23N5O3S2/c1-32(29,30)26-11-3-5-15-12-16(6-9-19(15)26)20(28)14-31-22-25-24-21(27(22)18-7-8-18)17-4-2-10-23-13-17/h2,4,6,9-10,12-13,18H,3,5,7-8,11,14H2,1H3. The van der Waals surface area contributed by atoms with Gasteiger partial charge in [0.25, 0.3) is 0 Å². The monoisotopic (exact) mass is 469 g/mol. The van der Waals surface area contributed by atoms with Gasteiger partial charge in [0.05, 0.1) is 17.7 Å². The van der Waals surface area contributed by atoms with Crippen LogP contribution in [-0.4, -0.2) is 52.5 Å². The first-order valence-corrected chi connectivity index (χ1v) is 13.4. The van der Waals surface area contributed by atoms with Gasteiger partial charge < -0.3 is 0 Å². The highest BCUT2D eigenvalue weighted by Crippen LogP contribution is 2.41. The molecule has 0 atom stereocenters. The fourth-order valence-electron chi connectivity index (χ4n) is 4.02. The predicted octanol–water partition coefficient (Wildman–Crippen LogP) is 3.36. The summed E-state index contributed by atoms with van der Waals surface area (Å²) < 4.78 is 27.7. The van der Waals surface area contributed by atoms with Crippen LogP contribution in [0.15, 0.2) is 47.9 Å². The van der Waals surface area contributed by atoms with Gasteiger partial charge in [-0.3, -0.25) is 18.7 Å². The van der Waals surface area contributed by atoms with E-state index in [1.807, 2.05) is 18.2 Å². The van der Waals surface area contributed by atoms with E-state index in [1.54, 1.807) is 24.5 Å². The number of anilines is 1. The SMILES string of the molecule is CS(=O)(=O)N1CCCc2cc(C(=O)CSc3nnc(-c4cccnc4)n3C3CC3)ccc21. The molecule has 1 saturated carbocycles. The Labute approximate surface area is 191 Å². The van der Waals surface area contributed by atoms with Crippen LogP contribution in [0.4, 0.5) is 5.69 Å². The molecule has 3 aromatic rings. The molecule has 1 aromatic carbocycles. The third-order valence-electron chi connectivity index (χ3n) is 5.71. The Morgan fingerprint density at radius 2 is 2.06 bits per heavy atom. The summed E-state index contributed by atoms with van der Waals surface area (Å²) in [5, 5.41) is 9.45.